The van der Waals surface area contributed by atoms with Crippen molar-refractivity contribution >= 4 is 28.7 Å². The van der Waals surface area contributed by atoms with Crippen LogP contribution in [-0.4, -0.2) is 55.2 Å². The summed E-state index contributed by atoms with van der Waals surface area (Å²) in [4.78, 5) is 36.4. The Morgan fingerprint density at radius 1 is 1.35 bits per heavy atom. The number of carbonyl (C=O) groups excluding carboxylic acids is 2. The summed E-state index contributed by atoms with van der Waals surface area (Å²) in [7, 11) is 1.64. The van der Waals surface area contributed by atoms with E-state index in [0.29, 0.717) is 48.8 Å². The average Bonchev–Trinajstić information content (AvgIpc) is 2.65. The standard InChI is InChI=1S/C18H22N4O4/c1-21(9-3-7-20-8-6-19)18(24)16-11-15(22(25)26)10-13-4-2-5-14(12-23)17(13)16/h2,4-5,10-12,20H,3,6-9,19H2,1H3. The van der Waals surface area contributed by atoms with Crippen LogP contribution in [0.1, 0.15) is 27.1 Å². The number of non-ortho nitro benzene ring substituents is 1. The molecule has 26 heavy (non-hydrogen) atoms. The molecule has 0 aliphatic heterocycles. The van der Waals surface area contributed by atoms with Crippen molar-refractivity contribution in [2.75, 3.05) is 33.2 Å². The summed E-state index contributed by atoms with van der Waals surface area (Å²) < 4.78 is 0. The van der Waals surface area contributed by atoms with E-state index in [1.807, 2.05) is 0 Å². The van der Waals surface area contributed by atoms with Gasteiger partial charge in [-0.1, -0.05) is 18.2 Å². The number of fused-ring (bicyclic) bond motifs is 1. The van der Waals surface area contributed by atoms with Crippen LogP contribution in [0.2, 0.25) is 0 Å². The first-order valence-corrected chi connectivity index (χ1v) is 8.32. The predicted octanol–water partition coefficient (Wildman–Crippen LogP) is 1.57. The van der Waals surface area contributed by atoms with Crippen molar-refractivity contribution in [2.45, 2.75) is 6.42 Å². The number of carbonyl (C=O) groups is 2. The summed E-state index contributed by atoms with van der Waals surface area (Å²) in [5, 5.41) is 15.3. The SMILES string of the molecule is CN(CCCNCCN)C(=O)c1cc([N+](=O)[O-])cc2cccc(C=O)c12. The Morgan fingerprint density at radius 3 is 2.77 bits per heavy atom. The fourth-order valence-electron chi connectivity index (χ4n) is 2.79. The Balaban J connectivity index is 2.35. The highest BCUT2D eigenvalue weighted by molar-refractivity contribution is 6.13. The van der Waals surface area contributed by atoms with E-state index < -0.39 is 4.92 Å². The van der Waals surface area contributed by atoms with Gasteiger partial charge in [0.05, 0.1) is 10.5 Å². The Hall–Kier alpha value is -2.84. The Kier molecular flexibility index (Phi) is 6.76. The summed E-state index contributed by atoms with van der Waals surface area (Å²) >= 11 is 0. The number of hydrogen-bond acceptors (Lipinski definition) is 6. The molecular formula is C18H22N4O4. The van der Waals surface area contributed by atoms with Crippen molar-refractivity contribution < 1.29 is 14.5 Å². The highest BCUT2D eigenvalue weighted by Gasteiger charge is 2.21. The van der Waals surface area contributed by atoms with Crippen LogP contribution >= 0.6 is 0 Å². The number of nitro benzene ring substituents is 1. The molecule has 2 aromatic carbocycles. The molecule has 2 rings (SSSR count). The highest BCUT2D eigenvalue weighted by Crippen LogP contribution is 2.28. The molecule has 1 amide bonds. The predicted molar refractivity (Wildman–Crippen MR) is 99.5 cm³/mol. The maximum absolute atomic E-state index is 12.9. The minimum Gasteiger partial charge on any atom is -0.342 e. The van der Waals surface area contributed by atoms with Gasteiger partial charge in [-0.05, 0) is 18.4 Å². The van der Waals surface area contributed by atoms with E-state index in [1.165, 1.54) is 17.0 Å². The Bertz CT molecular complexity index is 822. The lowest BCUT2D eigenvalue weighted by Gasteiger charge is -2.19. The molecule has 8 nitrogen and oxygen atoms in total. The summed E-state index contributed by atoms with van der Waals surface area (Å²) in [5.41, 5.74) is 5.72. The van der Waals surface area contributed by atoms with Gasteiger partial charge in [0, 0.05) is 49.8 Å². The zero-order valence-corrected chi connectivity index (χ0v) is 14.6. The molecule has 0 heterocycles. The van der Waals surface area contributed by atoms with Crippen LogP contribution in [0.25, 0.3) is 10.8 Å². The van der Waals surface area contributed by atoms with Gasteiger partial charge in [0.25, 0.3) is 11.6 Å². The minimum atomic E-state index is -0.541. The van der Waals surface area contributed by atoms with Gasteiger partial charge in [-0.3, -0.25) is 19.7 Å². The number of rotatable bonds is 9. The van der Waals surface area contributed by atoms with Crippen LogP contribution in [0.3, 0.4) is 0 Å². The fourth-order valence-corrected chi connectivity index (χ4v) is 2.79. The molecule has 8 heteroatoms. The lowest BCUT2D eigenvalue weighted by Crippen LogP contribution is -2.31. The van der Waals surface area contributed by atoms with Crippen molar-refractivity contribution in [1.82, 2.24) is 10.2 Å². The normalized spacial score (nSPS) is 10.7. The van der Waals surface area contributed by atoms with Gasteiger partial charge in [0.2, 0.25) is 0 Å². The second-order valence-electron chi connectivity index (χ2n) is 5.93. The maximum atomic E-state index is 12.9. The third-order valence-electron chi connectivity index (χ3n) is 4.08. The second-order valence-corrected chi connectivity index (χ2v) is 5.93. The van der Waals surface area contributed by atoms with Gasteiger partial charge in [-0.25, -0.2) is 0 Å². The van der Waals surface area contributed by atoms with Crippen molar-refractivity contribution in [3.05, 3.63) is 51.6 Å². The van der Waals surface area contributed by atoms with E-state index in [-0.39, 0.29) is 17.2 Å². The molecule has 0 saturated heterocycles. The molecule has 2 aromatic rings. The van der Waals surface area contributed by atoms with Crippen molar-refractivity contribution in [3.63, 3.8) is 0 Å². The first kappa shape index (κ1) is 19.5. The second kappa shape index (κ2) is 9.02. The van der Waals surface area contributed by atoms with Crippen molar-refractivity contribution in [2.24, 2.45) is 5.73 Å². The van der Waals surface area contributed by atoms with Gasteiger partial charge in [0.15, 0.2) is 6.29 Å². The average molecular weight is 358 g/mol. The van der Waals surface area contributed by atoms with Gasteiger partial charge >= 0.3 is 0 Å². The first-order chi connectivity index (χ1) is 12.5. The molecule has 0 aliphatic rings. The fraction of sp³-hybridized carbons (Fsp3) is 0.333. The highest BCUT2D eigenvalue weighted by atomic mass is 16.6. The lowest BCUT2D eigenvalue weighted by atomic mass is 9.98. The zero-order chi connectivity index (χ0) is 19.1. The van der Waals surface area contributed by atoms with E-state index in [0.717, 1.165) is 6.42 Å². The minimum absolute atomic E-state index is 0.161. The molecule has 0 fully saturated rings. The van der Waals surface area contributed by atoms with Crippen LogP contribution in [-0.2, 0) is 0 Å². The monoisotopic (exact) mass is 358 g/mol. The number of aldehydes is 1. The van der Waals surface area contributed by atoms with Crippen LogP contribution in [0.15, 0.2) is 30.3 Å². The molecular weight excluding hydrogens is 336 g/mol. The van der Waals surface area contributed by atoms with E-state index in [9.17, 15) is 19.7 Å². The van der Waals surface area contributed by atoms with E-state index >= 15 is 0 Å². The molecule has 0 radical (unpaired) electrons. The smallest absolute Gasteiger partial charge is 0.270 e. The Morgan fingerprint density at radius 2 is 2.12 bits per heavy atom. The molecule has 0 aromatic heterocycles. The summed E-state index contributed by atoms with van der Waals surface area (Å²) in [6, 6.07) is 7.49. The molecule has 0 bridgehead atoms. The number of nitro groups is 1. The van der Waals surface area contributed by atoms with Crippen LogP contribution in [0.5, 0.6) is 0 Å². The molecule has 0 saturated carbocycles. The Labute approximate surface area is 151 Å². The van der Waals surface area contributed by atoms with Crippen molar-refractivity contribution in [1.29, 1.82) is 0 Å². The van der Waals surface area contributed by atoms with Gasteiger partial charge in [-0.2, -0.15) is 0 Å². The largest absolute Gasteiger partial charge is 0.342 e. The summed E-state index contributed by atoms with van der Waals surface area (Å²) in [5.74, 6) is -0.355. The molecule has 0 spiro atoms. The van der Waals surface area contributed by atoms with Crippen molar-refractivity contribution in [3.8, 4) is 0 Å². The molecule has 0 unspecified atom stereocenters. The van der Waals surface area contributed by atoms with E-state index in [4.69, 9.17) is 5.73 Å². The number of nitrogens with one attached hydrogen (secondary N) is 1. The topological polar surface area (TPSA) is 119 Å². The number of amides is 1. The van der Waals surface area contributed by atoms with E-state index in [1.54, 1.807) is 25.2 Å². The van der Waals surface area contributed by atoms with Crippen LogP contribution < -0.4 is 11.1 Å². The van der Waals surface area contributed by atoms with Crippen LogP contribution in [0.4, 0.5) is 5.69 Å². The lowest BCUT2D eigenvalue weighted by molar-refractivity contribution is -0.384. The molecule has 3 N–H and O–H groups in total. The first-order valence-electron chi connectivity index (χ1n) is 8.32. The number of hydrogen-bond donors (Lipinski definition) is 2. The number of nitrogens with zero attached hydrogens (tertiary/aromatic N) is 2. The van der Waals surface area contributed by atoms with Crippen LogP contribution in [0, 0.1) is 10.1 Å². The maximum Gasteiger partial charge on any atom is 0.270 e. The molecule has 0 atom stereocenters. The van der Waals surface area contributed by atoms with Gasteiger partial charge in [-0.15, -0.1) is 0 Å². The quantitative estimate of drug-likeness (QED) is 0.304. The number of nitrogens with two attached hydrogens (primary N) is 1. The molecule has 138 valence electrons. The van der Waals surface area contributed by atoms with E-state index in [2.05, 4.69) is 5.32 Å². The van der Waals surface area contributed by atoms with Gasteiger partial charge in [0.1, 0.15) is 0 Å². The third kappa shape index (κ3) is 4.41. The molecule has 0 aliphatic carbocycles. The zero-order valence-electron chi connectivity index (χ0n) is 14.6. The summed E-state index contributed by atoms with van der Waals surface area (Å²) in [6.45, 7) is 2.44. The van der Waals surface area contributed by atoms with Gasteiger partial charge < -0.3 is 16.0 Å². The summed E-state index contributed by atoms with van der Waals surface area (Å²) in [6.07, 6.45) is 1.37. The third-order valence-corrected chi connectivity index (χ3v) is 4.08. The number of benzene rings is 2.